The summed E-state index contributed by atoms with van der Waals surface area (Å²) in [5.74, 6) is -0.636. The van der Waals surface area contributed by atoms with Crippen molar-refractivity contribution in [3.63, 3.8) is 0 Å². The summed E-state index contributed by atoms with van der Waals surface area (Å²) in [6.07, 6.45) is 0.568. The van der Waals surface area contributed by atoms with E-state index in [1.54, 1.807) is 0 Å². The molecule has 5 heteroatoms. The van der Waals surface area contributed by atoms with Crippen LogP contribution in [-0.4, -0.2) is 40.2 Å². The number of hydrogen-bond acceptors (Lipinski definition) is 4. The third-order valence-electron chi connectivity index (χ3n) is 3.98. The van der Waals surface area contributed by atoms with Crippen LogP contribution < -0.4 is 5.73 Å². The zero-order chi connectivity index (χ0) is 14.5. The lowest BCUT2D eigenvalue weighted by Gasteiger charge is -2.33. The Morgan fingerprint density at radius 1 is 1.25 bits per heavy atom. The number of aliphatic hydroxyl groups is 2. The average molecular weight is 278 g/mol. The fraction of sp³-hybridized carbons (Fsp3) is 0.533. The van der Waals surface area contributed by atoms with E-state index in [2.05, 4.69) is 4.90 Å². The Balaban J connectivity index is 1.83. The summed E-state index contributed by atoms with van der Waals surface area (Å²) in [6, 6.07) is 7.91. The molecule has 1 aromatic rings. The van der Waals surface area contributed by atoms with Crippen molar-refractivity contribution in [3.05, 3.63) is 35.4 Å². The van der Waals surface area contributed by atoms with E-state index < -0.39 is 12.0 Å². The lowest BCUT2D eigenvalue weighted by molar-refractivity contribution is -0.129. The first-order valence-corrected chi connectivity index (χ1v) is 6.98. The predicted molar refractivity (Wildman–Crippen MR) is 75.6 cm³/mol. The van der Waals surface area contributed by atoms with Gasteiger partial charge in [-0.15, -0.1) is 0 Å². The molecule has 1 atom stereocenters. The van der Waals surface area contributed by atoms with E-state index in [1.807, 2.05) is 24.3 Å². The summed E-state index contributed by atoms with van der Waals surface area (Å²) in [5.41, 5.74) is 7.25. The first-order valence-electron chi connectivity index (χ1n) is 6.98. The van der Waals surface area contributed by atoms with Crippen LogP contribution in [-0.2, 0) is 17.9 Å². The molecule has 1 unspecified atom stereocenters. The van der Waals surface area contributed by atoms with Crippen LogP contribution >= 0.6 is 0 Å². The zero-order valence-electron chi connectivity index (χ0n) is 11.5. The molecule has 5 nitrogen and oxygen atoms in total. The van der Waals surface area contributed by atoms with Gasteiger partial charge in [0.2, 0.25) is 5.91 Å². The monoisotopic (exact) mass is 278 g/mol. The number of nitrogens with zero attached hydrogens (tertiary/aromatic N) is 1. The van der Waals surface area contributed by atoms with E-state index in [0.717, 1.165) is 38.0 Å². The van der Waals surface area contributed by atoms with Gasteiger partial charge in [-0.1, -0.05) is 24.3 Å². The maximum absolute atomic E-state index is 11.0. The zero-order valence-corrected chi connectivity index (χ0v) is 11.5. The molecular formula is C15H22N2O3. The molecule has 0 aliphatic carbocycles. The summed E-state index contributed by atoms with van der Waals surface area (Å²) in [5, 5.41) is 18.7. The van der Waals surface area contributed by atoms with Gasteiger partial charge in [-0.25, -0.2) is 0 Å². The Bertz CT molecular complexity index is 439. The van der Waals surface area contributed by atoms with Crippen molar-refractivity contribution in [2.24, 2.45) is 11.7 Å². The largest absolute Gasteiger partial charge is 0.392 e. The molecule has 1 aromatic carbocycles. The van der Waals surface area contributed by atoms with Gasteiger partial charge in [0, 0.05) is 6.54 Å². The number of piperidine rings is 1. The molecule has 1 fully saturated rings. The minimum absolute atomic E-state index is 0.0134. The smallest absolute Gasteiger partial charge is 0.246 e. The lowest BCUT2D eigenvalue weighted by atomic mass is 9.90. The van der Waals surface area contributed by atoms with Gasteiger partial charge in [0.1, 0.15) is 6.10 Å². The highest BCUT2D eigenvalue weighted by molar-refractivity contribution is 5.78. The molecule has 0 radical (unpaired) electrons. The number of rotatable bonds is 5. The van der Waals surface area contributed by atoms with E-state index in [1.165, 1.54) is 5.56 Å². The number of aliphatic hydroxyl groups excluding tert-OH is 2. The Kier molecular flexibility index (Phi) is 5.11. The minimum atomic E-state index is -1.01. The van der Waals surface area contributed by atoms with Crippen LogP contribution in [0.4, 0.5) is 0 Å². The third-order valence-corrected chi connectivity index (χ3v) is 3.98. The van der Waals surface area contributed by atoms with Gasteiger partial charge >= 0.3 is 0 Å². The summed E-state index contributed by atoms with van der Waals surface area (Å²) in [4.78, 5) is 13.3. The molecular weight excluding hydrogens is 256 g/mol. The van der Waals surface area contributed by atoms with Crippen molar-refractivity contribution in [2.75, 3.05) is 13.1 Å². The molecule has 4 N–H and O–H groups in total. The first kappa shape index (κ1) is 15.0. The predicted octanol–water partition coefficient (Wildman–Crippen LogP) is 0.237. The molecule has 1 aliphatic heterocycles. The number of carbonyl (C=O) groups excluding carboxylic acids is 1. The third kappa shape index (κ3) is 3.79. The summed E-state index contributed by atoms with van der Waals surface area (Å²) in [7, 11) is 0. The maximum atomic E-state index is 11.0. The summed E-state index contributed by atoms with van der Waals surface area (Å²) >= 11 is 0. The van der Waals surface area contributed by atoms with Crippen molar-refractivity contribution in [1.82, 2.24) is 4.90 Å². The number of nitrogens with two attached hydrogens (primary N) is 1. The number of amides is 1. The quantitative estimate of drug-likeness (QED) is 0.720. The molecule has 110 valence electrons. The van der Waals surface area contributed by atoms with Crippen LogP contribution in [0, 0.1) is 5.92 Å². The van der Waals surface area contributed by atoms with Crippen molar-refractivity contribution < 1.29 is 15.0 Å². The van der Waals surface area contributed by atoms with Crippen LogP contribution in [0.25, 0.3) is 0 Å². The normalized spacial score (nSPS) is 18.9. The van der Waals surface area contributed by atoms with Crippen molar-refractivity contribution in [2.45, 2.75) is 32.1 Å². The van der Waals surface area contributed by atoms with E-state index in [4.69, 9.17) is 10.8 Å². The second-order valence-electron chi connectivity index (χ2n) is 5.44. The first-order chi connectivity index (χ1) is 9.60. The van der Waals surface area contributed by atoms with Gasteiger partial charge in [-0.3, -0.25) is 9.69 Å². The van der Waals surface area contributed by atoms with Crippen molar-refractivity contribution in [1.29, 1.82) is 0 Å². The van der Waals surface area contributed by atoms with Gasteiger partial charge in [0.05, 0.1) is 6.61 Å². The molecule has 0 aromatic heterocycles. The van der Waals surface area contributed by atoms with Gasteiger partial charge < -0.3 is 15.9 Å². The van der Waals surface area contributed by atoms with Gasteiger partial charge in [-0.05, 0) is 43.0 Å². The highest BCUT2D eigenvalue weighted by Crippen LogP contribution is 2.22. The fourth-order valence-electron chi connectivity index (χ4n) is 2.67. The average Bonchev–Trinajstić information content (AvgIpc) is 2.48. The van der Waals surface area contributed by atoms with Crippen LogP contribution in [0.2, 0.25) is 0 Å². The second kappa shape index (κ2) is 6.83. The van der Waals surface area contributed by atoms with E-state index in [9.17, 15) is 9.90 Å². The van der Waals surface area contributed by atoms with Crippen LogP contribution in [0.5, 0.6) is 0 Å². The number of hydrogen-bond donors (Lipinski definition) is 3. The number of primary amides is 1. The lowest BCUT2D eigenvalue weighted by Crippen LogP contribution is -2.42. The highest BCUT2D eigenvalue weighted by Gasteiger charge is 2.28. The molecule has 2 rings (SSSR count). The van der Waals surface area contributed by atoms with Crippen LogP contribution in [0.1, 0.15) is 24.0 Å². The van der Waals surface area contributed by atoms with Gasteiger partial charge in [0.25, 0.3) is 0 Å². The van der Waals surface area contributed by atoms with Gasteiger partial charge in [-0.2, -0.15) is 0 Å². The fourth-order valence-corrected chi connectivity index (χ4v) is 2.67. The Morgan fingerprint density at radius 2 is 1.80 bits per heavy atom. The maximum Gasteiger partial charge on any atom is 0.246 e. The Labute approximate surface area is 119 Å². The SMILES string of the molecule is NC(=O)C(O)C1CCN(Cc2ccc(CO)cc2)CC1. The molecule has 1 amide bonds. The Morgan fingerprint density at radius 3 is 2.30 bits per heavy atom. The Hall–Kier alpha value is -1.43. The number of likely N-dealkylation sites (tertiary alicyclic amines) is 1. The number of benzene rings is 1. The molecule has 0 spiro atoms. The molecule has 20 heavy (non-hydrogen) atoms. The molecule has 1 heterocycles. The second-order valence-corrected chi connectivity index (χ2v) is 5.44. The molecule has 0 bridgehead atoms. The molecule has 1 saturated heterocycles. The molecule has 1 aliphatic rings. The minimum Gasteiger partial charge on any atom is -0.392 e. The van der Waals surface area contributed by atoms with Crippen molar-refractivity contribution >= 4 is 5.91 Å². The van der Waals surface area contributed by atoms with Crippen LogP contribution in [0.3, 0.4) is 0 Å². The topological polar surface area (TPSA) is 86.8 Å². The van der Waals surface area contributed by atoms with E-state index >= 15 is 0 Å². The molecule has 0 saturated carbocycles. The highest BCUT2D eigenvalue weighted by atomic mass is 16.3. The summed E-state index contributed by atoms with van der Waals surface area (Å²) in [6.45, 7) is 2.63. The van der Waals surface area contributed by atoms with E-state index in [0.29, 0.717) is 0 Å². The van der Waals surface area contributed by atoms with Crippen LogP contribution in [0.15, 0.2) is 24.3 Å². The van der Waals surface area contributed by atoms with Crippen molar-refractivity contribution in [3.8, 4) is 0 Å². The van der Waals surface area contributed by atoms with Gasteiger partial charge in [0.15, 0.2) is 0 Å². The van der Waals surface area contributed by atoms with E-state index in [-0.39, 0.29) is 12.5 Å². The standard InChI is InChI=1S/C15H22N2O3/c16-15(20)14(19)13-5-7-17(8-6-13)9-11-1-3-12(10-18)4-2-11/h1-4,13-14,18-19H,5-10H2,(H2,16,20). The summed E-state index contributed by atoms with van der Waals surface area (Å²) < 4.78 is 0. The number of carbonyl (C=O) groups is 1.